The van der Waals surface area contributed by atoms with Crippen LogP contribution in [-0.2, 0) is 32.0 Å². The fourth-order valence-corrected chi connectivity index (χ4v) is 6.10. The van der Waals surface area contributed by atoms with Gasteiger partial charge in [-0.1, -0.05) is 66.2 Å². The summed E-state index contributed by atoms with van der Waals surface area (Å²) in [5, 5.41) is 16.3. The highest BCUT2D eigenvalue weighted by molar-refractivity contribution is 6.30. The summed E-state index contributed by atoms with van der Waals surface area (Å²) < 4.78 is 0.618. The van der Waals surface area contributed by atoms with Crippen LogP contribution in [0.5, 0.6) is 0 Å². The standard InChI is InChI=1S/C34H34ClN5O5/c1-22-12-17-39(29(33(36)43)20-25-8-4-7-24-6-2-3-11-28(24)25)34(44)32(26-9-5-10-27(35)19-26)40(22)31(42)21-37-30(41)18-23-13-15-38(45)16-14-23/h2-11,13-16,19,22,29,32H,12,17-18,20-21H2,1H3,(H2,36,43)(H,37,41). The third-order valence-electron chi connectivity index (χ3n) is 8.18. The summed E-state index contributed by atoms with van der Waals surface area (Å²) >= 11 is 6.34. The fourth-order valence-electron chi connectivity index (χ4n) is 5.90. The maximum absolute atomic E-state index is 14.5. The molecule has 3 unspecified atom stereocenters. The van der Waals surface area contributed by atoms with Crippen molar-refractivity contribution in [1.29, 1.82) is 0 Å². The molecule has 10 nitrogen and oxygen atoms in total. The number of halogens is 1. The minimum atomic E-state index is -1.11. The number of hydrogen-bond donors (Lipinski definition) is 2. The van der Waals surface area contributed by atoms with E-state index in [1.165, 1.54) is 34.3 Å². The molecule has 5 rings (SSSR count). The van der Waals surface area contributed by atoms with E-state index in [9.17, 15) is 24.4 Å². The average molecular weight is 628 g/mol. The van der Waals surface area contributed by atoms with Crippen LogP contribution in [0.2, 0.25) is 5.02 Å². The number of rotatable bonds is 9. The molecule has 3 N–H and O–H groups in total. The van der Waals surface area contributed by atoms with Gasteiger partial charge in [0.05, 0.1) is 13.0 Å². The van der Waals surface area contributed by atoms with Crippen molar-refractivity contribution < 1.29 is 23.9 Å². The highest BCUT2D eigenvalue weighted by atomic mass is 35.5. The smallest absolute Gasteiger partial charge is 0.250 e. The number of fused-ring (bicyclic) bond motifs is 1. The zero-order valence-electron chi connectivity index (χ0n) is 24.8. The van der Waals surface area contributed by atoms with Gasteiger partial charge in [-0.15, -0.1) is 0 Å². The Morgan fingerprint density at radius 2 is 1.76 bits per heavy atom. The van der Waals surface area contributed by atoms with Gasteiger partial charge in [0.15, 0.2) is 12.4 Å². The molecule has 1 aliphatic rings. The van der Waals surface area contributed by atoms with Gasteiger partial charge in [0, 0.05) is 36.2 Å². The van der Waals surface area contributed by atoms with E-state index < -0.39 is 41.8 Å². The summed E-state index contributed by atoms with van der Waals surface area (Å²) in [5.41, 5.74) is 7.93. The molecule has 232 valence electrons. The number of hydrogen-bond acceptors (Lipinski definition) is 5. The predicted octanol–water partition coefficient (Wildman–Crippen LogP) is 3.07. The lowest BCUT2D eigenvalue weighted by molar-refractivity contribution is -0.605. The first-order valence-corrected chi connectivity index (χ1v) is 15.1. The number of nitrogens with one attached hydrogen (secondary N) is 1. The number of amides is 4. The van der Waals surface area contributed by atoms with Gasteiger partial charge in [0.1, 0.15) is 12.1 Å². The summed E-state index contributed by atoms with van der Waals surface area (Å²) in [6.07, 6.45) is 3.14. The number of aromatic nitrogens is 1. The summed E-state index contributed by atoms with van der Waals surface area (Å²) in [5.74, 6) is -1.98. The average Bonchev–Trinajstić information content (AvgIpc) is 3.15. The Morgan fingerprint density at radius 1 is 1.04 bits per heavy atom. The molecule has 4 aromatic rings. The Morgan fingerprint density at radius 3 is 2.49 bits per heavy atom. The molecule has 1 aromatic heterocycles. The Labute approximate surface area is 266 Å². The van der Waals surface area contributed by atoms with Crippen LogP contribution in [-0.4, -0.2) is 58.6 Å². The SMILES string of the molecule is CC1CCN(C(Cc2cccc3ccccc23)C(N)=O)C(=O)C(c2cccc(Cl)c2)N1C(=O)CNC(=O)Cc1cc[n+]([O-])cc1. The molecule has 0 saturated carbocycles. The third-order valence-corrected chi connectivity index (χ3v) is 8.42. The predicted molar refractivity (Wildman–Crippen MR) is 170 cm³/mol. The number of benzene rings is 3. The molecule has 1 saturated heterocycles. The van der Waals surface area contributed by atoms with Crippen LogP contribution in [0.1, 0.15) is 36.1 Å². The van der Waals surface area contributed by atoms with Crippen LogP contribution in [0, 0.1) is 5.21 Å². The van der Waals surface area contributed by atoms with Crippen LogP contribution in [0.4, 0.5) is 0 Å². The molecule has 2 heterocycles. The summed E-state index contributed by atoms with van der Waals surface area (Å²) in [6, 6.07) is 20.9. The molecule has 4 amide bonds. The summed E-state index contributed by atoms with van der Waals surface area (Å²) in [4.78, 5) is 56.9. The molecule has 0 aliphatic carbocycles. The van der Waals surface area contributed by atoms with E-state index in [2.05, 4.69) is 5.32 Å². The van der Waals surface area contributed by atoms with Crippen molar-refractivity contribution >= 4 is 46.0 Å². The zero-order valence-corrected chi connectivity index (χ0v) is 25.5. The van der Waals surface area contributed by atoms with Crippen LogP contribution >= 0.6 is 11.6 Å². The molecule has 3 atom stereocenters. The molecular formula is C34H34ClN5O5. The van der Waals surface area contributed by atoms with Crippen molar-refractivity contribution in [3.63, 3.8) is 0 Å². The number of carbonyl (C=O) groups is 4. The van der Waals surface area contributed by atoms with Gasteiger partial charge >= 0.3 is 0 Å². The first-order chi connectivity index (χ1) is 21.6. The van der Waals surface area contributed by atoms with Crippen LogP contribution < -0.4 is 15.8 Å². The van der Waals surface area contributed by atoms with E-state index in [1.54, 1.807) is 24.3 Å². The quantitative estimate of drug-likeness (QED) is 0.217. The number of nitrogens with two attached hydrogens (primary N) is 1. The monoisotopic (exact) mass is 627 g/mol. The molecule has 1 aliphatic heterocycles. The lowest BCUT2D eigenvalue weighted by Crippen LogP contribution is -2.53. The van der Waals surface area contributed by atoms with Crippen molar-refractivity contribution in [1.82, 2.24) is 15.1 Å². The number of primary amides is 1. The Balaban J connectivity index is 1.43. The maximum Gasteiger partial charge on any atom is 0.250 e. The largest absolute Gasteiger partial charge is 0.619 e. The highest BCUT2D eigenvalue weighted by Crippen LogP contribution is 2.33. The molecule has 11 heteroatoms. The Hall–Kier alpha value is -4.96. The second kappa shape index (κ2) is 13.8. The Kier molecular flexibility index (Phi) is 9.63. The first-order valence-electron chi connectivity index (χ1n) is 14.7. The van der Waals surface area contributed by atoms with Crippen molar-refractivity contribution in [3.05, 3.63) is 118 Å². The van der Waals surface area contributed by atoms with Crippen LogP contribution in [0.25, 0.3) is 10.8 Å². The van der Waals surface area contributed by atoms with Crippen molar-refractivity contribution in [2.75, 3.05) is 13.1 Å². The van der Waals surface area contributed by atoms with E-state index >= 15 is 0 Å². The molecule has 0 spiro atoms. The third kappa shape index (κ3) is 7.24. The van der Waals surface area contributed by atoms with Gasteiger partial charge in [-0.3, -0.25) is 19.2 Å². The van der Waals surface area contributed by atoms with E-state index in [0.717, 1.165) is 16.3 Å². The highest BCUT2D eigenvalue weighted by Gasteiger charge is 2.43. The van der Waals surface area contributed by atoms with E-state index in [1.807, 2.05) is 49.4 Å². The lowest BCUT2D eigenvalue weighted by Gasteiger charge is -2.36. The van der Waals surface area contributed by atoms with Gasteiger partial charge < -0.3 is 26.1 Å². The minimum absolute atomic E-state index is 0.0252. The van der Waals surface area contributed by atoms with E-state index in [-0.39, 0.29) is 25.9 Å². The number of nitrogens with zero attached hydrogens (tertiary/aromatic N) is 3. The topological polar surface area (TPSA) is 140 Å². The minimum Gasteiger partial charge on any atom is -0.619 e. The van der Waals surface area contributed by atoms with Gasteiger partial charge in [0.25, 0.3) is 5.91 Å². The van der Waals surface area contributed by atoms with Crippen molar-refractivity contribution in [2.45, 2.75) is 44.3 Å². The molecule has 1 fully saturated rings. The molecule has 45 heavy (non-hydrogen) atoms. The van der Waals surface area contributed by atoms with Gasteiger partial charge in [-0.2, -0.15) is 4.73 Å². The van der Waals surface area contributed by atoms with Crippen molar-refractivity contribution in [2.24, 2.45) is 5.73 Å². The van der Waals surface area contributed by atoms with Gasteiger partial charge in [-0.05, 0) is 52.9 Å². The maximum atomic E-state index is 14.5. The van der Waals surface area contributed by atoms with E-state index in [4.69, 9.17) is 17.3 Å². The molecular weight excluding hydrogens is 594 g/mol. The molecule has 0 radical (unpaired) electrons. The number of carbonyl (C=O) groups excluding carboxylic acids is 4. The summed E-state index contributed by atoms with van der Waals surface area (Å²) in [7, 11) is 0. The lowest BCUT2D eigenvalue weighted by atomic mass is 9.96. The normalized spacial score (nSPS) is 17.5. The fraction of sp³-hybridized carbons (Fsp3) is 0.265. The number of pyridine rings is 1. The first kappa shape index (κ1) is 31.5. The van der Waals surface area contributed by atoms with Crippen LogP contribution in [0.15, 0.2) is 91.3 Å². The van der Waals surface area contributed by atoms with Crippen molar-refractivity contribution in [3.8, 4) is 0 Å². The van der Waals surface area contributed by atoms with Crippen LogP contribution in [0.3, 0.4) is 0 Å². The zero-order chi connectivity index (χ0) is 32.1. The molecule has 3 aromatic carbocycles. The second-order valence-corrected chi connectivity index (χ2v) is 11.6. The summed E-state index contributed by atoms with van der Waals surface area (Å²) in [6.45, 7) is 1.68. The van der Waals surface area contributed by atoms with E-state index in [0.29, 0.717) is 27.3 Å². The Bertz CT molecular complexity index is 1720. The second-order valence-electron chi connectivity index (χ2n) is 11.2. The van der Waals surface area contributed by atoms with Gasteiger partial charge in [-0.25, -0.2) is 0 Å². The van der Waals surface area contributed by atoms with Gasteiger partial charge in [0.2, 0.25) is 17.7 Å². The molecule has 0 bridgehead atoms.